The molecule has 5 heterocycles. The fourth-order valence-corrected chi connectivity index (χ4v) is 8.78. The molecule has 2 aliphatic rings. The van der Waals surface area contributed by atoms with E-state index in [4.69, 9.17) is 23.1 Å². The number of aromatic nitrogens is 6. The molecule has 0 saturated heterocycles. The number of carbonyl (C=O) groups is 3. The first-order valence-corrected chi connectivity index (χ1v) is 21.0. The van der Waals surface area contributed by atoms with E-state index in [2.05, 4.69) is 46.5 Å². The van der Waals surface area contributed by atoms with Crippen LogP contribution in [0.1, 0.15) is 54.1 Å². The molecule has 0 spiro atoms. The number of carbonyl (C=O) groups excluding carboxylic acids is 2. The second kappa shape index (κ2) is 16.5. The summed E-state index contributed by atoms with van der Waals surface area (Å²) in [6.07, 6.45) is 9.01. The topological polar surface area (TPSA) is 226 Å². The third-order valence-corrected chi connectivity index (χ3v) is 12.0. The van der Waals surface area contributed by atoms with Gasteiger partial charge in [0, 0.05) is 51.3 Å². The van der Waals surface area contributed by atoms with Crippen molar-refractivity contribution in [3.63, 3.8) is 0 Å². The van der Waals surface area contributed by atoms with Crippen LogP contribution in [-0.2, 0) is 11.4 Å². The minimum absolute atomic E-state index is 0.0546. The molecule has 2 atom stereocenters. The molecule has 3 amide bonds. The van der Waals surface area contributed by atoms with Gasteiger partial charge in [-0.15, -0.1) is 6.42 Å². The molecule has 0 aliphatic carbocycles. The molecule has 11 rings (SSSR count). The number of nitrogens with zero attached hydrogens (tertiary/aromatic N) is 6. The molecular formula is C50H34ClFN10O6. The summed E-state index contributed by atoms with van der Waals surface area (Å²) in [6, 6.07) is 33.2. The number of imidazole rings is 2. The first-order valence-electron chi connectivity index (χ1n) is 20.7. The number of H-pyrrole nitrogens is 2. The third kappa shape index (κ3) is 7.00. The van der Waals surface area contributed by atoms with Gasteiger partial charge < -0.3 is 30.6 Å². The highest BCUT2D eigenvalue weighted by molar-refractivity contribution is 6.31. The molecule has 9 aromatic rings. The van der Waals surface area contributed by atoms with E-state index in [1.165, 1.54) is 23.1 Å². The van der Waals surface area contributed by atoms with Gasteiger partial charge in [0.05, 0.1) is 44.7 Å². The van der Waals surface area contributed by atoms with Crippen LogP contribution in [0.15, 0.2) is 140 Å². The standard InChI is InChI=1S/C25H16ClFN6O2.C25H18N4O4/c26-17-6-3-7-20(22(17)27)33-23(34)15-4-1-2-5-16(15)25(33,35)14-8-9-18-19(12-14)31-24(30-18)32-21-13-28-10-11-29-21;1-3-15-9-8-14(2)21(12-15)29-22(30)17-6-4-5-7-18(17)25(29,33)16-10-11-19-20(13-16)27-23(26-19)28-24(31)32/h1-13,35H,(H2,29,30,31,32);1,4-13,33H,2H3,(H,31,32)(H2,26,27,28). The summed E-state index contributed by atoms with van der Waals surface area (Å²) >= 11 is 6.01. The molecule has 16 nitrogen and oxygen atoms in total. The number of hydrogen-bond donors (Lipinski definition) is 7. The number of halogens is 2. The average molecular weight is 925 g/mol. The van der Waals surface area contributed by atoms with Crippen molar-refractivity contribution >= 4 is 80.7 Å². The number of amides is 3. The Morgan fingerprint density at radius 1 is 0.750 bits per heavy atom. The van der Waals surface area contributed by atoms with E-state index in [9.17, 15) is 24.6 Å². The molecule has 334 valence electrons. The number of fused-ring (bicyclic) bond motifs is 4. The fraction of sp³-hybridized carbons (Fsp3) is 0.0600. The van der Waals surface area contributed by atoms with Gasteiger partial charge in [0.15, 0.2) is 23.1 Å². The zero-order valence-electron chi connectivity index (χ0n) is 35.4. The van der Waals surface area contributed by atoms with Crippen molar-refractivity contribution in [2.75, 3.05) is 20.4 Å². The van der Waals surface area contributed by atoms with E-state index < -0.39 is 29.3 Å². The van der Waals surface area contributed by atoms with Crippen molar-refractivity contribution < 1.29 is 34.1 Å². The van der Waals surface area contributed by atoms with E-state index in [0.29, 0.717) is 72.9 Å². The first-order chi connectivity index (χ1) is 32.8. The minimum atomic E-state index is -2.00. The Balaban J connectivity index is 0.000000159. The van der Waals surface area contributed by atoms with Gasteiger partial charge in [-0.2, -0.15) is 0 Å². The summed E-state index contributed by atoms with van der Waals surface area (Å²) < 4.78 is 15.1. The molecule has 6 aromatic carbocycles. The Hall–Kier alpha value is -8.95. The van der Waals surface area contributed by atoms with Crippen molar-refractivity contribution in [2.24, 2.45) is 0 Å². The maximum absolute atomic E-state index is 15.1. The lowest BCUT2D eigenvalue weighted by atomic mass is 9.93. The number of benzene rings is 6. The predicted molar refractivity (Wildman–Crippen MR) is 252 cm³/mol. The van der Waals surface area contributed by atoms with Crippen molar-refractivity contribution in [3.05, 3.63) is 195 Å². The summed E-state index contributed by atoms with van der Waals surface area (Å²) in [5.41, 5.74) is 2.20. The molecule has 2 aliphatic heterocycles. The van der Waals surface area contributed by atoms with Crippen molar-refractivity contribution in [2.45, 2.75) is 18.4 Å². The molecule has 68 heavy (non-hydrogen) atoms. The number of rotatable bonds is 7. The fourth-order valence-electron chi connectivity index (χ4n) is 8.61. The number of aromatic amines is 2. The lowest BCUT2D eigenvalue weighted by Gasteiger charge is -2.35. The van der Waals surface area contributed by atoms with Gasteiger partial charge in [0.25, 0.3) is 11.8 Å². The van der Waals surface area contributed by atoms with E-state index in [0.717, 1.165) is 10.5 Å². The Kier molecular flexibility index (Phi) is 10.4. The van der Waals surface area contributed by atoms with Crippen LogP contribution in [0.4, 0.5) is 38.3 Å². The van der Waals surface area contributed by atoms with Gasteiger partial charge in [-0.25, -0.2) is 24.1 Å². The van der Waals surface area contributed by atoms with E-state index in [1.807, 2.05) is 13.0 Å². The SMILES string of the molecule is C#Cc1ccc(C)c(N2C(=O)c3ccccc3C2(O)c2ccc3[nH]c(NC(=O)O)nc3c2)c1.O=C1c2ccccc2C(O)(c2ccc3[nH]c(Nc4cnccn4)nc3c2)N1c1cccc(Cl)c1F. The van der Waals surface area contributed by atoms with Gasteiger partial charge in [-0.05, 0) is 73.2 Å². The summed E-state index contributed by atoms with van der Waals surface area (Å²) in [7, 11) is 0. The number of aryl methyl sites for hydroxylation is 1. The summed E-state index contributed by atoms with van der Waals surface area (Å²) in [6.45, 7) is 1.84. The Morgan fingerprint density at radius 2 is 1.34 bits per heavy atom. The van der Waals surface area contributed by atoms with Gasteiger partial charge in [-0.3, -0.25) is 29.7 Å². The van der Waals surface area contributed by atoms with Crippen LogP contribution in [0.5, 0.6) is 0 Å². The van der Waals surface area contributed by atoms with Crippen LogP contribution in [0.25, 0.3) is 22.1 Å². The Labute approximate surface area is 389 Å². The predicted octanol–water partition coefficient (Wildman–Crippen LogP) is 8.54. The normalized spacial score (nSPS) is 17.1. The van der Waals surface area contributed by atoms with Crippen molar-refractivity contribution in [1.29, 1.82) is 0 Å². The third-order valence-electron chi connectivity index (χ3n) is 11.7. The van der Waals surface area contributed by atoms with Crippen molar-refractivity contribution in [1.82, 2.24) is 29.9 Å². The lowest BCUT2D eigenvalue weighted by Crippen LogP contribution is -2.45. The molecule has 0 fully saturated rings. The molecule has 0 saturated carbocycles. The number of anilines is 5. The van der Waals surface area contributed by atoms with Gasteiger partial charge in [0.2, 0.25) is 11.9 Å². The number of terminal acetylenes is 1. The quantitative estimate of drug-likeness (QED) is 0.0750. The lowest BCUT2D eigenvalue weighted by molar-refractivity contribution is 0.0691. The largest absolute Gasteiger partial charge is 0.465 e. The smallest absolute Gasteiger partial charge is 0.411 e. The van der Waals surface area contributed by atoms with E-state index >= 15 is 4.39 Å². The number of hydrogen-bond acceptors (Lipinski definition) is 10. The average Bonchev–Trinajstić information content (AvgIpc) is 4.06. The highest BCUT2D eigenvalue weighted by Crippen LogP contribution is 2.48. The Bertz CT molecular complexity index is 3580. The first kappa shape index (κ1) is 43.0. The van der Waals surface area contributed by atoms with Gasteiger partial charge >= 0.3 is 6.09 Å². The molecule has 3 aromatic heterocycles. The van der Waals surface area contributed by atoms with Crippen LogP contribution >= 0.6 is 11.6 Å². The second-order valence-electron chi connectivity index (χ2n) is 15.7. The van der Waals surface area contributed by atoms with Crippen LogP contribution in [0.3, 0.4) is 0 Å². The number of nitrogens with one attached hydrogen (secondary N) is 4. The highest BCUT2D eigenvalue weighted by atomic mass is 35.5. The zero-order valence-corrected chi connectivity index (χ0v) is 36.1. The number of carboxylic acid groups (broad SMARTS) is 1. The van der Waals surface area contributed by atoms with Gasteiger partial charge in [-0.1, -0.05) is 78.2 Å². The minimum Gasteiger partial charge on any atom is -0.465 e. The summed E-state index contributed by atoms with van der Waals surface area (Å²) in [5, 5.41) is 38.4. The molecule has 0 bridgehead atoms. The van der Waals surface area contributed by atoms with Crippen LogP contribution in [0.2, 0.25) is 5.02 Å². The molecule has 0 radical (unpaired) electrons. The second-order valence-corrected chi connectivity index (χ2v) is 16.1. The van der Waals surface area contributed by atoms with Crippen LogP contribution < -0.4 is 20.4 Å². The van der Waals surface area contributed by atoms with Crippen molar-refractivity contribution in [3.8, 4) is 12.3 Å². The summed E-state index contributed by atoms with van der Waals surface area (Å²) in [4.78, 5) is 63.3. The molecular weight excluding hydrogens is 891 g/mol. The van der Waals surface area contributed by atoms with Gasteiger partial charge in [0.1, 0.15) is 0 Å². The summed E-state index contributed by atoms with van der Waals surface area (Å²) in [5.74, 6) is 1.85. The molecule has 2 unspecified atom stereocenters. The molecule has 7 N–H and O–H groups in total. The maximum Gasteiger partial charge on any atom is 0.411 e. The van der Waals surface area contributed by atoms with Crippen LogP contribution in [0, 0.1) is 25.1 Å². The number of aliphatic hydroxyl groups is 2. The Morgan fingerprint density at radius 3 is 1.93 bits per heavy atom. The monoisotopic (exact) mass is 924 g/mol. The van der Waals surface area contributed by atoms with Crippen LogP contribution in [-0.4, -0.2) is 63.1 Å². The van der Waals surface area contributed by atoms with E-state index in [-0.39, 0.29) is 28.1 Å². The highest BCUT2D eigenvalue weighted by Gasteiger charge is 2.53. The zero-order chi connectivity index (χ0) is 47.5. The van der Waals surface area contributed by atoms with E-state index in [1.54, 1.807) is 116 Å². The maximum atomic E-state index is 15.1. The molecule has 18 heteroatoms.